The number of nitrogens with zero attached hydrogens (tertiary/aromatic N) is 2. The number of hydrogen-bond donors (Lipinski definition) is 2. The van der Waals surface area contributed by atoms with Gasteiger partial charge in [0.15, 0.2) is 5.03 Å². The average Bonchev–Trinajstić information content (AvgIpc) is 3.24. The van der Waals surface area contributed by atoms with E-state index in [1.54, 1.807) is 4.31 Å². The first kappa shape index (κ1) is 15.3. The third-order valence-corrected chi connectivity index (χ3v) is 6.87. The Bertz CT molecular complexity index is 587. The van der Waals surface area contributed by atoms with Gasteiger partial charge in [-0.1, -0.05) is 0 Å². The van der Waals surface area contributed by atoms with Crippen LogP contribution in [0.3, 0.4) is 0 Å². The molecule has 0 unspecified atom stereocenters. The number of nitrogens with one attached hydrogen (secondary N) is 2. The number of sulfonamides is 1. The van der Waals surface area contributed by atoms with Crippen molar-refractivity contribution in [2.75, 3.05) is 24.6 Å². The largest absolute Gasteiger partial charge is 0.310 e. The Morgan fingerprint density at radius 2 is 2.19 bits per heavy atom. The molecule has 1 saturated carbocycles. The number of thioether (sulfide) groups is 1. The maximum absolute atomic E-state index is 12.8. The van der Waals surface area contributed by atoms with Crippen molar-refractivity contribution in [1.82, 2.24) is 19.8 Å². The van der Waals surface area contributed by atoms with E-state index in [4.69, 9.17) is 0 Å². The van der Waals surface area contributed by atoms with Crippen LogP contribution in [0, 0.1) is 6.92 Å². The molecule has 0 amide bonds. The molecule has 3 rings (SSSR count). The van der Waals surface area contributed by atoms with E-state index in [0.29, 0.717) is 25.7 Å². The summed E-state index contributed by atoms with van der Waals surface area (Å²) in [6.45, 7) is 3.63. The van der Waals surface area contributed by atoms with Crippen LogP contribution >= 0.6 is 11.8 Å². The molecule has 0 bridgehead atoms. The molecule has 1 aliphatic heterocycles. The summed E-state index contributed by atoms with van der Waals surface area (Å²) >= 11 is 1.82. The summed E-state index contributed by atoms with van der Waals surface area (Å²) < 4.78 is 27.3. The second-order valence-electron chi connectivity index (χ2n) is 5.66. The van der Waals surface area contributed by atoms with E-state index in [0.717, 1.165) is 29.2 Å². The van der Waals surface area contributed by atoms with Crippen molar-refractivity contribution in [3.05, 3.63) is 11.3 Å². The van der Waals surface area contributed by atoms with Crippen LogP contribution < -0.4 is 5.32 Å². The molecular formula is C13H22N4O2S2. The third kappa shape index (κ3) is 3.44. The number of aromatic amines is 1. The van der Waals surface area contributed by atoms with Crippen LogP contribution in [-0.2, 0) is 16.6 Å². The molecular weight excluding hydrogens is 308 g/mol. The second kappa shape index (κ2) is 6.28. The highest BCUT2D eigenvalue weighted by Gasteiger charge is 2.31. The zero-order valence-electron chi connectivity index (χ0n) is 12.3. The molecule has 6 nitrogen and oxygen atoms in total. The van der Waals surface area contributed by atoms with Crippen molar-refractivity contribution in [2.45, 2.75) is 43.8 Å². The quantitative estimate of drug-likeness (QED) is 0.845. The van der Waals surface area contributed by atoms with Crippen LogP contribution in [0.2, 0.25) is 0 Å². The van der Waals surface area contributed by atoms with Crippen LogP contribution in [0.1, 0.15) is 30.5 Å². The molecule has 2 aliphatic rings. The van der Waals surface area contributed by atoms with Gasteiger partial charge >= 0.3 is 0 Å². The van der Waals surface area contributed by atoms with Crippen molar-refractivity contribution in [2.24, 2.45) is 0 Å². The first-order chi connectivity index (χ1) is 10.1. The van der Waals surface area contributed by atoms with Crippen molar-refractivity contribution in [3.63, 3.8) is 0 Å². The zero-order valence-corrected chi connectivity index (χ0v) is 13.9. The lowest BCUT2D eigenvalue weighted by Crippen LogP contribution is -2.34. The van der Waals surface area contributed by atoms with Gasteiger partial charge in [-0.3, -0.25) is 5.10 Å². The number of aryl methyl sites for hydroxylation is 1. The predicted octanol–water partition coefficient (Wildman–Crippen LogP) is 1.10. The van der Waals surface area contributed by atoms with E-state index < -0.39 is 10.0 Å². The van der Waals surface area contributed by atoms with E-state index in [1.165, 1.54) is 12.8 Å². The molecule has 1 aromatic heterocycles. The molecule has 0 spiro atoms. The fraction of sp³-hybridized carbons (Fsp3) is 0.769. The minimum atomic E-state index is -3.49. The highest BCUT2D eigenvalue weighted by atomic mass is 32.2. The maximum atomic E-state index is 12.8. The number of hydrogen-bond acceptors (Lipinski definition) is 5. The fourth-order valence-corrected chi connectivity index (χ4v) is 5.12. The molecule has 0 atom stereocenters. The van der Waals surface area contributed by atoms with Crippen LogP contribution in [-0.4, -0.2) is 53.6 Å². The lowest BCUT2D eigenvalue weighted by molar-refractivity contribution is 0.431. The van der Waals surface area contributed by atoms with Crippen molar-refractivity contribution in [1.29, 1.82) is 0 Å². The Morgan fingerprint density at radius 3 is 2.95 bits per heavy atom. The predicted molar refractivity (Wildman–Crippen MR) is 83.9 cm³/mol. The Labute approximate surface area is 130 Å². The molecule has 2 fully saturated rings. The van der Waals surface area contributed by atoms with E-state index in [-0.39, 0.29) is 5.03 Å². The van der Waals surface area contributed by atoms with Gasteiger partial charge in [0.05, 0.1) is 0 Å². The highest BCUT2D eigenvalue weighted by Crippen LogP contribution is 2.25. The first-order valence-corrected chi connectivity index (χ1v) is 10.0. The molecule has 1 aliphatic carbocycles. The molecule has 2 heterocycles. The molecule has 0 aromatic carbocycles. The number of aromatic nitrogens is 2. The van der Waals surface area contributed by atoms with Gasteiger partial charge in [0.2, 0.25) is 0 Å². The molecule has 0 radical (unpaired) electrons. The summed E-state index contributed by atoms with van der Waals surface area (Å²) in [7, 11) is -3.49. The third-order valence-electron chi connectivity index (χ3n) is 3.95. The van der Waals surface area contributed by atoms with Crippen LogP contribution in [0.4, 0.5) is 0 Å². The van der Waals surface area contributed by atoms with E-state index >= 15 is 0 Å². The Balaban J connectivity index is 1.83. The topological polar surface area (TPSA) is 78.1 Å². The smallest absolute Gasteiger partial charge is 0.262 e. The summed E-state index contributed by atoms with van der Waals surface area (Å²) in [5.74, 6) is 1.89. The van der Waals surface area contributed by atoms with Gasteiger partial charge in [0, 0.05) is 42.7 Å². The van der Waals surface area contributed by atoms with E-state index in [1.807, 2.05) is 18.7 Å². The summed E-state index contributed by atoms with van der Waals surface area (Å²) in [6.07, 6.45) is 3.27. The number of rotatable bonds is 5. The molecule has 21 heavy (non-hydrogen) atoms. The Hall–Kier alpha value is -0.570. The van der Waals surface area contributed by atoms with Gasteiger partial charge in [0.1, 0.15) is 0 Å². The van der Waals surface area contributed by atoms with Crippen LogP contribution in [0.15, 0.2) is 5.03 Å². The van der Waals surface area contributed by atoms with Crippen LogP contribution in [0.5, 0.6) is 0 Å². The summed E-state index contributed by atoms with van der Waals surface area (Å²) in [4.78, 5) is 0. The highest BCUT2D eigenvalue weighted by molar-refractivity contribution is 7.99. The van der Waals surface area contributed by atoms with E-state index in [2.05, 4.69) is 15.5 Å². The van der Waals surface area contributed by atoms with Crippen LogP contribution in [0.25, 0.3) is 0 Å². The number of H-pyrrole nitrogens is 1. The van der Waals surface area contributed by atoms with Crippen molar-refractivity contribution < 1.29 is 8.42 Å². The normalized spacial score (nSPS) is 21.4. The Morgan fingerprint density at radius 1 is 1.38 bits per heavy atom. The zero-order chi connectivity index (χ0) is 14.9. The fourth-order valence-electron chi connectivity index (χ4n) is 2.47. The van der Waals surface area contributed by atoms with Crippen molar-refractivity contribution in [3.8, 4) is 0 Å². The minimum Gasteiger partial charge on any atom is -0.310 e. The lowest BCUT2D eigenvalue weighted by atomic mass is 10.2. The Kier molecular flexibility index (Phi) is 4.58. The van der Waals surface area contributed by atoms with Gasteiger partial charge < -0.3 is 5.32 Å². The monoisotopic (exact) mass is 330 g/mol. The molecule has 118 valence electrons. The van der Waals surface area contributed by atoms with Gasteiger partial charge in [-0.2, -0.15) is 21.2 Å². The minimum absolute atomic E-state index is 0.208. The molecule has 1 aromatic rings. The summed E-state index contributed by atoms with van der Waals surface area (Å²) in [6, 6.07) is 0.546. The summed E-state index contributed by atoms with van der Waals surface area (Å²) in [5.41, 5.74) is 1.63. The second-order valence-corrected chi connectivity index (χ2v) is 8.74. The maximum Gasteiger partial charge on any atom is 0.262 e. The molecule has 2 N–H and O–H groups in total. The van der Waals surface area contributed by atoms with Gasteiger partial charge in [-0.15, -0.1) is 0 Å². The van der Waals surface area contributed by atoms with Gasteiger partial charge in [-0.05, 0) is 31.9 Å². The molecule has 8 heteroatoms. The van der Waals surface area contributed by atoms with Gasteiger partial charge in [0.25, 0.3) is 10.0 Å². The van der Waals surface area contributed by atoms with Crippen molar-refractivity contribution >= 4 is 21.8 Å². The lowest BCUT2D eigenvalue weighted by Gasteiger charge is -2.19. The standard InChI is InChI=1S/C13H22N4O2S2/c1-10-12(9-14-11-3-4-11)13(16-15-10)21(18,19)17-5-2-7-20-8-6-17/h11,14H,2-9H2,1H3,(H,15,16). The first-order valence-electron chi connectivity index (χ1n) is 7.44. The van der Waals surface area contributed by atoms with Gasteiger partial charge in [-0.25, -0.2) is 8.42 Å². The summed E-state index contributed by atoms with van der Waals surface area (Å²) in [5, 5.41) is 10.5. The van der Waals surface area contributed by atoms with E-state index in [9.17, 15) is 8.42 Å². The molecule has 1 saturated heterocycles. The average molecular weight is 330 g/mol. The SMILES string of the molecule is Cc1[nH]nc(S(=O)(=O)N2CCCSCC2)c1CNC1CC1.